The third-order valence-electron chi connectivity index (χ3n) is 3.23. The highest BCUT2D eigenvalue weighted by atomic mass is 32.2. The summed E-state index contributed by atoms with van der Waals surface area (Å²) < 4.78 is 6.89. The molecule has 0 aliphatic carbocycles. The van der Waals surface area contributed by atoms with E-state index < -0.39 is 0 Å². The van der Waals surface area contributed by atoms with Crippen molar-refractivity contribution in [2.75, 3.05) is 31.8 Å². The minimum Gasteiger partial charge on any atom is -0.383 e. The van der Waals surface area contributed by atoms with Crippen molar-refractivity contribution >= 4 is 28.5 Å². The fraction of sp³-hybridized carbons (Fsp3) is 0.267. The number of methoxy groups -OCH3 is 1. The van der Waals surface area contributed by atoms with Crippen LogP contribution in [0.2, 0.25) is 0 Å². The Hall–Kier alpha value is -2.12. The first kappa shape index (κ1) is 14.8. The Kier molecular flexibility index (Phi) is 4.55. The number of ether oxygens (including phenoxy) is 1. The number of imidazole rings is 1. The number of benzene rings is 1. The highest BCUT2D eigenvalue weighted by molar-refractivity contribution is 7.98. The van der Waals surface area contributed by atoms with E-state index in [2.05, 4.69) is 38.7 Å². The van der Waals surface area contributed by atoms with E-state index in [9.17, 15) is 0 Å². The molecule has 1 aromatic carbocycles. The second-order valence-electron chi connectivity index (χ2n) is 4.64. The van der Waals surface area contributed by atoms with Gasteiger partial charge in [0.2, 0.25) is 5.95 Å². The van der Waals surface area contributed by atoms with Crippen molar-refractivity contribution in [3.63, 3.8) is 0 Å². The lowest BCUT2D eigenvalue weighted by Gasteiger charge is -2.11. The summed E-state index contributed by atoms with van der Waals surface area (Å²) >= 11 is 1.70. The van der Waals surface area contributed by atoms with Crippen LogP contribution in [-0.4, -0.2) is 46.0 Å². The lowest BCUT2D eigenvalue weighted by atomic mass is 10.2. The summed E-state index contributed by atoms with van der Waals surface area (Å²) in [6.45, 7) is 1.31. The van der Waals surface area contributed by atoms with Crippen LogP contribution in [0.1, 0.15) is 0 Å². The minimum atomic E-state index is 0.599. The highest BCUT2D eigenvalue weighted by Gasteiger charge is 2.09. The van der Waals surface area contributed by atoms with Gasteiger partial charge in [0.1, 0.15) is 12.1 Å². The number of fused-ring (bicyclic) bond motifs is 1. The van der Waals surface area contributed by atoms with Gasteiger partial charge in [0.15, 0.2) is 0 Å². The summed E-state index contributed by atoms with van der Waals surface area (Å²) in [5.74, 6) is 1.41. The molecule has 0 bridgehead atoms. The van der Waals surface area contributed by atoms with Crippen molar-refractivity contribution in [3.8, 4) is 5.95 Å². The molecule has 7 heteroatoms. The number of anilines is 1. The van der Waals surface area contributed by atoms with E-state index in [0.29, 0.717) is 19.1 Å². The Morgan fingerprint density at radius 1 is 1.32 bits per heavy atom. The first-order chi connectivity index (χ1) is 10.8. The number of aromatic nitrogens is 4. The maximum atomic E-state index is 5.10. The third kappa shape index (κ3) is 3.05. The number of thioether (sulfide) groups is 1. The molecule has 0 unspecified atom stereocenters. The predicted octanol–water partition coefficient (Wildman–Crippen LogP) is 2.60. The van der Waals surface area contributed by atoms with E-state index >= 15 is 0 Å². The largest absolute Gasteiger partial charge is 0.383 e. The number of hydrogen-bond acceptors (Lipinski definition) is 6. The van der Waals surface area contributed by atoms with Gasteiger partial charge < -0.3 is 10.1 Å². The van der Waals surface area contributed by atoms with Crippen LogP contribution in [-0.2, 0) is 4.74 Å². The lowest BCUT2D eigenvalue weighted by molar-refractivity contribution is 0.210. The van der Waals surface area contributed by atoms with E-state index in [1.54, 1.807) is 36.0 Å². The number of hydrogen-bond donors (Lipinski definition) is 1. The molecule has 0 saturated carbocycles. The van der Waals surface area contributed by atoms with Crippen molar-refractivity contribution in [1.29, 1.82) is 0 Å². The quantitative estimate of drug-likeness (QED) is 0.557. The van der Waals surface area contributed by atoms with Crippen molar-refractivity contribution in [3.05, 3.63) is 36.9 Å². The zero-order valence-electron chi connectivity index (χ0n) is 12.5. The van der Waals surface area contributed by atoms with Crippen LogP contribution >= 0.6 is 11.8 Å². The van der Waals surface area contributed by atoms with E-state index in [0.717, 1.165) is 16.7 Å². The van der Waals surface area contributed by atoms with Gasteiger partial charge in [0, 0.05) is 36.3 Å². The molecule has 0 amide bonds. The van der Waals surface area contributed by atoms with Crippen LogP contribution in [0.25, 0.3) is 16.9 Å². The van der Waals surface area contributed by atoms with Crippen LogP contribution in [0, 0.1) is 0 Å². The average molecular weight is 315 g/mol. The van der Waals surface area contributed by atoms with Crippen LogP contribution < -0.4 is 5.32 Å². The molecule has 3 rings (SSSR count). The molecule has 0 radical (unpaired) electrons. The zero-order chi connectivity index (χ0) is 15.4. The minimum absolute atomic E-state index is 0.599. The lowest BCUT2D eigenvalue weighted by Crippen LogP contribution is -2.11. The molecule has 0 fully saturated rings. The number of nitrogens with zero attached hydrogens (tertiary/aromatic N) is 4. The van der Waals surface area contributed by atoms with Crippen molar-refractivity contribution in [1.82, 2.24) is 19.5 Å². The molecule has 3 aromatic rings. The second-order valence-corrected chi connectivity index (χ2v) is 5.52. The first-order valence-corrected chi connectivity index (χ1v) is 8.11. The number of nitrogens with one attached hydrogen (secondary N) is 1. The smallest absolute Gasteiger partial charge is 0.237 e. The summed E-state index contributed by atoms with van der Waals surface area (Å²) in [7, 11) is 1.68. The van der Waals surface area contributed by atoms with Crippen LogP contribution in [0.5, 0.6) is 0 Å². The normalized spacial score (nSPS) is 11.0. The van der Waals surface area contributed by atoms with Crippen molar-refractivity contribution in [2.24, 2.45) is 0 Å². The van der Waals surface area contributed by atoms with Gasteiger partial charge in [-0.1, -0.05) is 0 Å². The van der Waals surface area contributed by atoms with Gasteiger partial charge in [-0.25, -0.2) is 9.97 Å². The molecule has 0 atom stereocenters. The monoisotopic (exact) mass is 315 g/mol. The van der Waals surface area contributed by atoms with Gasteiger partial charge in [-0.05, 0) is 24.5 Å². The van der Waals surface area contributed by atoms with Crippen LogP contribution in [0.15, 0.2) is 41.8 Å². The molecule has 1 N–H and O–H groups in total. The summed E-state index contributed by atoms with van der Waals surface area (Å²) in [6, 6.07) is 6.19. The molecule has 6 nitrogen and oxygen atoms in total. The molecule has 114 valence electrons. The van der Waals surface area contributed by atoms with E-state index in [1.165, 1.54) is 4.90 Å². The molecular formula is C15H17N5OS. The Balaban J connectivity index is 2.08. The van der Waals surface area contributed by atoms with E-state index in [4.69, 9.17) is 4.74 Å². The van der Waals surface area contributed by atoms with Gasteiger partial charge >= 0.3 is 0 Å². The first-order valence-electron chi connectivity index (χ1n) is 6.89. The predicted molar refractivity (Wildman–Crippen MR) is 88.8 cm³/mol. The molecule has 0 saturated heterocycles. The highest BCUT2D eigenvalue weighted by Crippen LogP contribution is 2.26. The number of rotatable bonds is 6. The maximum absolute atomic E-state index is 5.10. The summed E-state index contributed by atoms with van der Waals surface area (Å²) in [5, 5.41) is 4.33. The fourth-order valence-corrected chi connectivity index (χ4v) is 2.56. The summed E-state index contributed by atoms with van der Waals surface area (Å²) in [5.41, 5.74) is 0.899. The van der Waals surface area contributed by atoms with Gasteiger partial charge in [0.05, 0.1) is 12.1 Å². The van der Waals surface area contributed by atoms with Crippen LogP contribution in [0.4, 0.5) is 5.82 Å². The molecule has 0 spiro atoms. The third-order valence-corrected chi connectivity index (χ3v) is 3.95. The molecular weight excluding hydrogens is 298 g/mol. The van der Waals surface area contributed by atoms with Crippen molar-refractivity contribution in [2.45, 2.75) is 4.90 Å². The Labute approximate surface area is 132 Å². The van der Waals surface area contributed by atoms with Gasteiger partial charge in [0.25, 0.3) is 0 Å². The summed E-state index contributed by atoms with van der Waals surface area (Å²) in [4.78, 5) is 14.5. The Morgan fingerprint density at radius 3 is 2.95 bits per heavy atom. The van der Waals surface area contributed by atoms with Crippen LogP contribution in [0.3, 0.4) is 0 Å². The molecule has 2 heterocycles. The Bertz CT molecular complexity index is 760. The Morgan fingerprint density at radius 2 is 2.23 bits per heavy atom. The van der Waals surface area contributed by atoms with Crippen molar-refractivity contribution < 1.29 is 4.74 Å². The van der Waals surface area contributed by atoms with Gasteiger partial charge in [-0.2, -0.15) is 4.98 Å². The second kappa shape index (κ2) is 6.76. The summed E-state index contributed by atoms with van der Waals surface area (Å²) in [6.07, 6.45) is 7.29. The topological polar surface area (TPSA) is 64.9 Å². The van der Waals surface area contributed by atoms with Gasteiger partial charge in [-0.3, -0.25) is 4.57 Å². The van der Waals surface area contributed by atoms with E-state index in [1.807, 2.05) is 12.3 Å². The SMILES string of the molecule is COCCNc1nc(-n2ccnc2)nc2ccc(SC)cc12. The molecule has 22 heavy (non-hydrogen) atoms. The maximum Gasteiger partial charge on any atom is 0.237 e. The van der Waals surface area contributed by atoms with Gasteiger partial charge in [-0.15, -0.1) is 11.8 Å². The zero-order valence-corrected chi connectivity index (χ0v) is 13.3. The molecule has 2 aromatic heterocycles. The average Bonchev–Trinajstić information content (AvgIpc) is 3.09. The fourth-order valence-electron chi connectivity index (χ4n) is 2.12. The molecule has 0 aliphatic heterocycles. The molecule has 0 aliphatic rings. The standard InChI is InChI=1S/C15H17N5OS/c1-21-8-6-17-14-12-9-11(22-2)3-4-13(12)18-15(19-14)20-7-5-16-10-20/h3-5,7,9-10H,6,8H2,1-2H3,(H,17,18,19). The van der Waals surface area contributed by atoms with E-state index in [-0.39, 0.29) is 0 Å².